The molecule has 84 valence electrons. The zero-order chi connectivity index (χ0) is 11.6. The van der Waals surface area contributed by atoms with Gasteiger partial charge in [-0.25, -0.2) is 4.98 Å². The third kappa shape index (κ3) is 2.72. The average molecular weight is 214 g/mol. The first-order valence-corrected chi connectivity index (χ1v) is 5.64. The lowest BCUT2D eigenvalue weighted by molar-refractivity contribution is 0.402. The third-order valence-corrected chi connectivity index (χ3v) is 2.41. The smallest absolute Gasteiger partial charge is 0.107 e. The van der Waals surface area contributed by atoms with Crippen molar-refractivity contribution in [2.24, 2.45) is 5.41 Å². The van der Waals surface area contributed by atoms with Crippen LogP contribution in [0.5, 0.6) is 0 Å². The normalized spacial score (nSPS) is 11.7. The first-order chi connectivity index (χ1) is 7.54. The number of aromatic nitrogens is 2. The van der Waals surface area contributed by atoms with E-state index in [0.29, 0.717) is 0 Å². The summed E-state index contributed by atoms with van der Waals surface area (Å²) in [6.45, 7) is 6.66. The highest BCUT2D eigenvalue weighted by atomic mass is 14.9. The number of hydrogen-bond donors (Lipinski definition) is 1. The van der Waals surface area contributed by atoms with Crippen molar-refractivity contribution in [3.63, 3.8) is 0 Å². The molecule has 1 heterocycles. The number of rotatable bonds is 2. The van der Waals surface area contributed by atoms with Crippen LogP contribution in [0.1, 0.15) is 26.6 Å². The monoisotopic (exact) mass is 214 g/mol. The maximum Gasteiger partial charge on any atom is 0.107 e. The topological polar surface area (TPSA) is 28.7 Å². The molecule has 0 radical (unpaired) electrons. The van der Waals surface area contributed by atoms with Crippen LogP contribution in [0.2, 0.25) is 0 Å². The zero-order valence-electron chi connectivity index (χ0n) is 10.1. The molecule has 0 aliphatic heterocycles. The number of H-pyrrole nitrogens is 1. The number of imidazole rings is 1. The molecule has 0 aliphatic carbocycles. The zero-order valence-corrected chi connectivity index (χ0v) is 10.1. The van der Waals surface area contributed by atoms with Crippen LogP contribution in [0.3, 0.4) is 0 Å². The van der Waals surface area contributed by atoms with E-state index in [4.69, 9.17) is 0 Å². The molecule has 16 heavy (non-hydrogen) atoms. The summed E-state index contributed by atoms with van der Waals surface area (Å²) in [5.74, 6) is 1.06. The predicted molar refractivity (Wildman–Crippen MR) is 67.2 cm³/mol. The summed E-state index contributed by atoms with van der Waals surface area (Å²) in [7, 11) is 0. The molecular formula is C14H18N2. The Kier molecular flexibility index (Phi) is 2.82. The highest BCUT2D eigenvalue weighted by molar-refractivity contribution is 5.57. The van der Waals surface area contributed by atoms with E-state index in [0.717, 1.165) is 17.9 Å². The van der Waals surface area contributed by atoms with E-state index >= 15 is 0 Å². The van der Waals surface area contributed by atoms with E-state index in [1.54, 1.807) is 0 Å². The standard InChI is InChI=1S/C14H18N2/c1-14(2,3)9-13-15-10-12(16-13)11-7-5-4-6-8-11/h4-8,10H,9H2,1-3H3,(H,15,16). The summed E-state index contributed by atoms with van der Waals surface area (Å²) in [5, 5.41) is 0. The minimum atomic E-state index is 0.270. The molecule has 0 amide bonds. The van der Waals surface area contributed by atoms with Crippen LogP contribution in [0, 0.1) is 5.41 Å². The van der Waals surface area contributed by atoms with Gasteiger partial charge in [-0.05, 0) is 11.0 Å². The number of benzene rings is 1. The molecule has 2 heteroatoms. The Balaban J connectivity index is 2.21. The number of nitrogens with zero attached hydrogens (tertiary/aromatic N) is 1. The van der Waals surface area contributed by atoms with Gasteiger partial charge >= 0.3 is 0 Å². The SMILES string of the molecule is CC(C)(C)Cc1ncc(-c2ccccc2)[nH]1. The van der Waals surface area contributed by atoms with Crippen molar-refractivity contribution >= 4 is 0 Å². The van der Waals surface area contributed by atoms with Crippen LogP contribution in [-0.2, 0) is 6.42 Å². The predicted octanol–water partition coefficient (Wildman–Crippen LogP) is 3.67. The number of hydrogen-bond acceptors (Lipinski definition) is 1. The van der Waals surface area contributed by atoms with Gasteiger partial charge in [-0.1, -0.05) is 51.1 Å². The average Bonchev–Trinajstić information content (AvgIpc) is 2.65. The van der Waals surface area contributed by atoms with Gasteiger partial charge < -0.3 is 4.98 Å². The molecule has 2 rings (SSSR count). The summed E-state index contributed by atoms with van der Waals surface area (Å²) in [6.07, 6.45) is 2.89. The molecule has 0 spiro atoms. The van der Waals surface area contributed by atoms with Gasteiger partial charge in [-0.3, -0.25) is 0 Å². The van der Waals surface area contributed by atoms with Crippen LogP contribution >= 0.6 is 0 Å². The van der Waals surface area contributed by atoms with Crippen molar-refractivity contribution in [1.29, 1.82) is 0 Å². The second-order valence-electron chi connectivity index (χ2n) is 5.35. The third-order valence-electron chi connectivity index (χ3n) is 2.41. The highest BCUT2D eigenvalue weighted by Crippen LogP contribution is 2.21. The largest absolute Gasteiger partial charge is 0.342 e. The summed E-state index contributed by atoms with van der Waals surface area (Å²) in [4.78, 5) is 7.80. The molecular weight excluding hydrogens is 196 g/mol. The van der Waals surface area contributed by atoms with E-state index in [9.17, 15) is 0 Å². The fourth-order valence-electron chi connectivity index (χ4n) is 1.72. The lowest BCUT2D eigenvalue weighted by atomic mass is 9.92. The fraction of sp³-hybridized carbons (Fsp3) is 0.357. The van der Waals surface area contributed by atoms with Crippen LogP contribution in [0.4, 0.5) is 0 Å². The Labute approximate surface area is 96.7 Å². The molecule has 1 aromatic heterocycles. The first-order valence-electron chi connectivity index (χ1n) is 5.64. The van der Waals surface area contributed by atoms with E-state index in [-0.39, 0.29) is 5.41 Å². The van der Waals surface area contributed by atoms with Gasteiger partial charge in [0.15, 0.2) is 0 Å². The molecule has 0 unspecified atom stereocenters. The molecule has 1 aromatic carbocycles. The molecule has 0 saturated carbocycles. The quantitative estimate of drug-likeness (QED) is 0.812. The Bertz CT molecular complexity index is 449. The second-order valence-corrected chi connectivity index (χ2v) is 5.35. The van der Waals surface area contributed by atoms with Crippen LogP contribution < -0.4 is 0 Å². The lowest BCUT2D eigenvalue weighted by Crippen LogP contribution is -2.10. The van der Waals surface area contributed by atoms with Crippen molar-refractivity contribution in [2.45, 2.75) is 27.2 Å². The molecule has 0 aliphatic rings. The van der Waals surface area contributed by atoms with E-state index in [1.165, 1.54) is 5.56 Å². The summed E-state index contributed by atoms with van der Waals surface area (Å²) >= 11 is 0. The van der Waals surface area contributed by atoms with E-state index in [2.05, 4.69) is 42.9 Å². The molecule has 0 bridgehead atoms. The van der Waals surface area contributed by atoms with Gasteiger partial charge in [-0.2, -0.15) is 0 Å². The van der Waals surface area contributed by atoms with Gasteiger partial charge in [0.05, 0.1) is 11.9 Å². The molecule has 0 saturated heterocycles. The lowest BCUT2D eigenvalue weighted by Gasteiger charge is -2.15. The number of aromatic amines is 1. The molecule has 1 N–H and O–H groups in total. The molecule has 0 fully saturated rings. The van der Waals surface area contributed by atoms with Gasteiger partial charge in [-0.15, -0.1) is 0 Å². The minimum absolute atomic E-state index is 0.270. The van der Waals surface area contributed by atoms with Gasteiger partial charge in [0.2, 0.25) is 0 Å². The van der Waals surface area contributed by atoms with Crippen molar-refractivity contribution in [2.75, 3.05) is 0 Å². The fourth-order valence-corrected chi connectivity index (χ4v) is 1.72. The minimum Gasteiger partial charge on any atom is -0.342 e. The summed E-state index contributed by atoms with van der Waals surface area (Å²) in [6, 6.07) is 10.3. The molecule has 2 aromatic rings. The second kappa shape index (κ2) is 4.12. The Hall–Kier alpha value is -1.57. The van der Waals surface area contributed by atoms with Crippen LogP contribution in [0.25, 0.3) is 11.3 Å². The van der Waals surface area contributed by atoms with Crippen molar-refractivity contribution in [3.8, 4) is 11.3 Å². The Morgan fingerprint density at radius 1 is 1.12 bits per heavy atom. The van der Waals surface area contributed by atoms with Gasteiger partial charge in [0.1, 0.15) is 5.82 Å². The van der Waals surface area contributed by atoms with Crippen molar-refractivity contribution in [1.82, 2.24) is 9.97 Å². The first kappa shape index (κ1) is 10.9. The Morgan fingerprint density at radius 3 is 2.44 bits per heavy atom. The van der Waals surface area contributed by atoms with E-state index < -0.39 is 0 Å². The van der Waals surface area contributed by atoms with Crippen molar-refractivity contribution < 1.29 is 0 Å². The summed E-state index contributed by atoms with van der Waals surface area (Å²) in [5.41, 5.74) is 2.56. The van der Waals surface area contributed by atoms with Gasteiger partial charge in [0, 0.05) is 6.42 Å². The molecule has 2 nitrogen and oxygen atoms in total. The van der Waals surface area contributed by atoms with Crippen LogP contribution in [-0.4, -0.2) is 9.97 Å². The highest BCUT2D eigenvalue weighted by Gasteiger charge is 2.13. The van der Waals surface area contributed by atoms with Gasteiger partial charge in [0.25, 0.3) is 0 Å². The van der Waals surface area contributed by atoms with Crippen LogP contribution in [0.15, 0.2) is 36.5 Å². The maximum absolute atomic E-state index is 4.42. The Morgan fingerprint density at radius 2 is 1.81 bits per heavy atom. The van der Waals surface area contributed by atoms with Crippen molar-refractivity contribution in [3.05, 3.63) is 42.4 Å². The van der Waals surface area contributed by atoms with E-state index in [1.807, 2.05) is 24.4 Å². The maximum atomic E-state index is 4.42. The molecule has 0 atom stereocenters. The summed E-state index contributed by atoms with van der Waals surface area (Å²) < 4.78 is 0. The number of nitrogens with one attached hydrogen (secondary N) is 1.